The van der Waals surface area contributed by atoms with Crippen molar-refractivity contribution in [3.8, 4) is 17.2 Å². The zero-order valence-corrected chi connectivity index (χ0v) is 18.4. The Morgan fingerprint density at radius 3 is 2.65 bits per heavy atom. The Kier molecular flexibility index (Phi) is 4.68. The van der Waals surface area contributed by atoms with Gasteiger partial charge in [0.15, 0.2) is 0 Å². The zero-order valence-electron chi connectivity index (χ0n) is 18.4. The van der Waals surface area contributed by atoms with Crippen LogP contribution in [0.2, 0.25) is 0 Å². The van der Waals surface area contributed by atoms with Crippen molar-refractivity contribution in [1.29, 1.82) is 5.26 Å². The van der Waals surface area contributed by atoms with Crippen molar-refractivity contribution in [2.24, 2.45) is 0 Å². The summed E-state index contributed by atoms with van der Waals surface area (Å²) in [6.45, 7) is 6.35. The fourth-order valence-electron chi connectivity index (χ4n) is 5.14. The highest BCUT2D eigenvalue weighted by atomic mass is 16.3. The van der Waals surface area contributed by atoms with E-state index in [4.69, 9.17) is 0 Å². The molecule has 1 fully saturated rings. The normalized spacial score (nSPS) is 22.0. The van der Waals surface area contributed by atoms with E-state index in [2.05, 4.69) is 78.5 Å². The van der Waals surface area contributed by atoms with Gasteiger partial charge in [-0.1, -0.05) is 24.3 Å². The Balaban J connectivity index is 1.72. The van der Waals surface area contributed by atoms with E-state index in [1.54, 1.807) is 0 Å². The Bertz CT molecular complexity index is 1230. The first-order valence-corrected chi connectivity index (χ1v) is 11.2. The number of aliphatic hydroxyl groups is 1. The van der Waals surface area contributed by atoms with Gasteiger partial charge in [-0.25, -0.2) is 0 Å². The fourth-order valence-corrected chi connectivity index (χ4v) is 5.14. The molecule has 0 bridgehead atoms. The minimum absolute atomic E-state index is 0.0757. The molecule has 0 unspecified atom stereocenters. The molecule has 31 heavy (non-hydrogen) atoms. The number of hydrogen-bond acceptors (Lipinski definition) is 3. The quantitative estimate of drug-likeness (QED) is 0.529. The molecule has 2 aromatic carbocycles. The summed E-state index contributed by atoms with van der Waals surface area (Å²) < 4.78 is 2.40. The minimum Gasteiger partial charge on any atom is -0.393 e. The number of rotatable bonds is 2. The van der Waals surface area contributed by atoms with Gasteiger partial charge < -0.3 is 15.0 Å². The summed E-state index contributed by atoms with van der Waals surface area (Å²) in [5.74, 6) is 0. The number of anilines is 1. The van der Waals surface area contributed by atoms with Gasteiger partial charge in [0.05, 0.1) is 23.3 Å². The highest BCUT2D eigenvalue weighted by Crippen LogP contribution is 2.42. The predicted molar refractivity (Wildman–Crippen MR) is 127 cm³/mol. The number of aliphatic hydroxyl groups excluding tert-OH is 1. The smallest absolute Gasteiger partial charge is 0.0994 e. The van der Waals surface area contributed by atoms with Crippen LogP contribution in [-0.4, -0.2) is 21.3 Å². The summed E-state index contributed by atoms with van der Waals surface area (Å²) >= 11 is 0. The van der Waals surface area contributed by atoms with Gasteiger partial charge in [0.25, 0.3) is 0 Å². The van der Waals surface area contributed by atoms with Gasteiger partial charge in [0, 0.05) is 40.0 Å². The summed E-state index contributed by atoms with van der Waals surface area (Å²) in [7, 11) is 0. The van der Waals surface area contributed by atoms with Gasteiger partial charge in [-0.15, -0.1) is 0 Å². The van der Waals surface area contributed by atoms with Crippen molar-refractivity contribution in [1.82, 2.24) is 4.57 Å². The Hall–Kier alpha value is -3.03. The number of hydrogen-bond donors (Lipinski definition) is 2. The number of aryl methyl sites for hydroxylation is 1. The maximum absolute atomic E-state index is 10.00. The van der Waals surface area contributed by atoms with Crippen LogP contribution in [0.5, 0.6) is 0 Å². The van der Waals surface area contributed by atoms with E-state index in [0.717, 1.165) is 47.9 Å². The first kappa shape index (κ1) is 19.9. The fraction of sp³-hybridized carbons (Fsp3) is 0.370. The van der Waals surface area contributed by atoms with Crippen LogP contribution >= 0.6 is 0 Å². The number of nitrogens with one attached hydrogen (secondary N) is 1. The first-order valence-electron chi connectivity index (χ1n) is 11.2. The molecule has 2 heterocycles. The molecule has 1 aliphatic heterocycles. The van der Waals surface area contributed by atoms with Gasteiger partial charge in [0.2, 0.25) is 0 Å². The average Bonchev–Trinajstić information content (AvgIpc) is 3.10. The summed E-state index contributed by atoms with van der Waals surface area (Å²) in [5.41, 5.74) is 7.52. The molecule has 0 amide bonds. The van der Waals surface area contributed by atoms with Crippen LogP contribution in [-0.2, 0) is 0 Å². The van der Waals surface area contributed by atoms with Crippen molar-refractivity contribution >= 4 is 22.7 Å². The standard InChI is InChI=1S/C27H29N3O/c1-17-13-26-23(14-18(17)15-28)24(16-30(26)19-7-9-20(31)10-8-19)21-5-4-6-25-22(21)11-12-27(2,3)29-25/h4-6,11-14,16,19-20,29,31H,7-10H2,1-3H3/t19-,20-. The summed E-state index contributed by atoms with van der Waals surface area (Å²) in [6, 6.07) is 13.4. The molecule has 2 aliphatic rings. The van der Waals surface area contributed by atoms with Crippen LogP contribution in [0.15, 0.2) is 42.6 Å². The predicted octanol–water partition coefficient (Wildman–Crippen LogP) is 6.18. The number of benzene rings is 2. The second-order valence-electron chi connectivity index (χ2n) is 9.66. The molecule has 0 radical (unpaired) electrons. The van der Waals surface area contributed by atoms with Crippen LogP contribution < -0.4 is 5.32 Å². The molecule has 0 atom stereocenters. The summed E-state index contributed by atoms with van der Waals surface area (Å²) in [6.07, 6.45) is 10.2. The Labute approximate surface area is 183 Å². The second kappa shape index (κ2) is 7.28. The molecule has 1 saturated carbocycles. The van der Waals surface area contributed by atoms with E-state index in [9.17, 15) is 10.4 Å². The van der Waals surface area contributed by atoms with Crippen molar-refractivity contribution in [3.63, 3.8) is 0 Å². The molecule has 0 spiro atoms. The van der Waals surface area contributed by atoms with Crippen molar-refractivity contribution in [3.05, 3.63) is 59.3 Å². The topological polar surface area (TPSA) is 61.0 Å². The lowest BCUT2D eigenvalue weighted by Gasteiger charge is -2.30. The monoisotopic (exact) mass is 411 g/mol. The van der Waals surface area contributed by atoms with Gasteiger partial charge >= 0.3 is 0 Å². The molecule has 2 N–H and O–H groups in total. The van der Waals surface area contributed by atoms with Crippen molar-refractivity contribution in [2.45, 2.75) is 64.1 Å². The molecular formula is C27H29N3O. The third kappa shape index (κ3) is 3.43. The zero-order chi connectivity index (χ0) is 21.8. The van der Waals surface area contributed by atoms with E-state index in [1.165, 1.54) is 22.2 Å². The van der Waals surface area contributed by atoms with Gasteiger partial charge in [-0.3, -0.25) is 0 Å². The minimum atomic E-state index is -0.176. The molecule has 4 nitrogen and oxygen atoms in total. The second-order valence-corrected chi connectivity index (χ2v) is 9.66. The largest absolute Gasteiger partial charge is 0.393 e. The lowest BCUT2D eigenvalue weighted by atomic mass is 9.91. The number of fused-ring (bicyclic) bond motifs is 2. The molecule has 4 heteroatoms. The maximum atomic E-state index is 10.00. The van der Waals surface area contributed by atoms with E-state index < -0.39 is 0 Å². The van der Waals surface area contributed by atoms with Crippen molar-refractivity contribution < 1.29 is 5.11 Å². The number of nitrogens with zero attached hydrogens (tertiary/aromatic N) is 2. The van der Waals surface area contributed by atoms with E-state index >= 15 is 0 Å². The van der Waals surface area contributed by atoms with Gasteiger partial charge in [-0.05, 0) is 75.8 Å². The van der Waals surface area contributed by atoms with Crippen LogP contribution in [0, 0.1) is 18.3 Å². The molecular weight excluding hydrogens is 382 g/mol. The highest BCUT2D eigenvalue weighted by molar-refractivity contribution is 6.01. The Morgan fingerprint density at radius 1 is 1.13 bits per heavy atom. The molecule has 1 aliphatic carbocycles. The molecule has 158 valence electrons. The van der Waals surface area contributed by atoms with E-state index in [0.29, 0.717) is 6.04 Å². The summed E-state index contributed by atoms with van der Waals surface area (Å²) in [5, 5.41) is 24.4. The lowest BCUT2D eigenvalue weighted by Crippen LogP contribution is -2.30. The third-order valence-corrected chi connectivity index (χ3v) is 6.88. The molecule has 1 aromatic heterocycles. The van der Waals surface area contributed by atoms with Crippen LogP contribution in [0.4, 0.5) is 5.69 Å². The molecule has 5 rings (SSSR count). The maximum Gasteiger partial charge on any atom is 0.0994 e. The Morgan fingerprint density at radius 2 is 1.90 bits per heavy atom. The third-order valence-electron chi connectivity index (χ3n) is 6.88. The van der Waals surface area contributed by atoms with Crippen LogP contribution in [0.25, 0.3) is 28.1 Å². The lowest BCUT2D eigenvalue weighted by molar-refractivity contribution is 0.111. The molecule has 0 saturated heterocycles. The number of nitriles is 1. The SMILES string of the molecule is Cc1cc2c(cc1C#N)c(-c1cccc3c1C=CC(C)(C)N3)cn2[C@H]1CC[C@H](O)CC1. The first-order chi connectivity index (χ1) is 14.9. The summed E-state index contributed by atoms with van der Waals surface area (Å²) in [4.78, 5) is 0. The van der Waals surface area contributed by atoms with Gasteiger partial charge in [0.1, 0.15) is 0 Å². The number of aromatic nitrogens is 1. The molecule has 3 aromatic rings. The van der Waals surface area contributed by atoms with Crippen LogP contribution in [0.3, 0.4) is 0 Å². The van der Waals surface area contributed by atoms with Crippen molar-refractivity contribution in [2.75, 3.05) is 5.32 Å². The van der Waals surface area contributed by atoms with Crippen LogP contribution in [0.1, 0.15) is 62.3 Å². The average molecular weight is 412 g/mol. The van der Waals surface area contributed by atoms with E-state index in [-0.39, 0.29) is 11.6 Å². The van der Waals surface area contributed by atoms with E-state index in [1.807, 2.05) is 6.92 Å². The van der Waals surface area contributed by atoms with Gasteiger partial charge in [-0.2, -0.15) is 5.26 Å². The highest BCUT2D eigenvalue weighted by Gasteiger charge is 2.26.